The number of nitriles is 1. The Morgan fingerprint density at radius 3 is 2.82 bits per heavy atom. The number of hydrogen-bond acceptors (Lipinski definition) is 4. The third-order valence-electron chi connectivity index (χ3n) is 2.98. The molecule has 4 nitrogen and oxygen atoms in total. The molecular weight excluding hydrogens is 212 g/mol. The van der Waals surface area contributed by atoms with Gasteiger partial charge in [-0.1, -0.05) is 47.7 Å². The summed E-state index contributed by atoms with van der Waals surface area (Å²) in [5, 5.41) is 19.2. The first-order valence-corrected chi connectivity index (χ1v) is 5.43. The molecular formula is C13H10N4. The van der Waals surface area contributed by atoms with Crippen molar-refractivity contribution < 1.29 is 0 Å². The molecule has 1 aliphatic rings. The normalized spacial score (nSPS) is 22.3. The monoisotopic (exact) mass is 222 g/mol. The van der Waals surface area contributed by atoms with E-state index in [4.69, 9.17) is 5.26 Å². The van der Waals surface area contributed by atoms with E-state index in [9.17, 15) is 0 Å². The van der Waals surface area contributed by atoms with Gasteiger partial charge in [-0.05, 0) is 16.3 Å². The fourth-order valence-corrected chi connectivity index (χ4v) is 2.14. The molecule has 4 heteroatoms. The lowest BCUT2D eigenvalue weighted by Gasteiger charge is -2.12. The summed E-state index contributed by atoms with van der Waals surface area (Å²) in [4.78, 5) is 0. The summed E-state index contributed by atoms with van der Waals surface area (Å²) in [5.41, 5.74) is 3.76. The number of fused-ring (bicyclic) bond motifs is 1. The smallest absolute Gasteiger partial charge is 0.160 e. The van der Waals surface area contributed by atoms with Crippen LogP contribution in [-0.2, 0) is 0 Å². The number of nitrogens with zero attached hydrogens (tertiary/aromatic N) is 3. The maximum absolute atomic E-state index is 9.04. The lowest BCUT2D eigenvalue weighted by Crippen LogP contribution is -2.23. The Hall–Kier alpha value is -2.41. The highest BCUT2D eigenvalue weighted by molar-refractivity contribution is 5.86. The molecule has 3 rings (SSSR count). The maximum atomic E-state index is 9.04. The minimum Gasteiger partial charge on any atom is -0.272 e. The van der Waals surface area contributed by atoms with Gasteiger partial charge in [0.25, 0.3) is 0 Å². The number of benzene rings is 2. The fraction of sp³-hybridized carbons (Fsp3) is 0.154. The van der Waals surface area contributed by atoms with E-state index in [0.29, 0.717) is 0 Å². The molecule has 0 saturated carbocycles. The lowest BCUT2D eigenvalue weighted by molar-refractivity contribution is 0.633. The summed E-state index contributed by atoms with van der Waals surface area (Å²) in [5.74, 6) is 0. The second kappa shape index (κ2) is 3.87. The van der Waals surface area contributed by atoms with Gasteiger partial charge in [-0.2, -0.15) is 10.4 Å². The van der Waals surface area contributed by atoms with Gasteiger partial charge in [0.15, 0.2) is 6.04 Å². The van der Waals surface area contributed by atoms with Crippen LogP contribution in [-0.4, -0.2) is 6.04 Å². The van der Waals surface area contributed by atoms with E-state index in [2.05, 4.69) is 34.0 Å². The van der Waals surface area contributed by atoms with Gasteiger partial charge >= 0.3 is 0 Å². The van der Waals surface area contributed by atoms with Crippen molar-refractivity contribution in [2.75, 3.05) is 0 Å². The predicted molar refractivity (Wildman–Crippen MR) is 64.1 cm³/mol. The Labute approximate surface area is 98.6 Å². The van der Waals surface area contributed by atoms with Crippen molar-refractivity contribution in [1.29, 1.82) is 5.26 Å². The molecule has 1 heterocycles. The van der Waals surface area contributed by atoms with Crippen LogP contribution in [0, 0.1) is 11.3 Å². The molecule has 0 bridgehead atoms. The highest BCUT2D eigenvalue weighted by Gasteiger charge is 2.28. The van der Waals surface area contributed by atoms with E-state index < -0.39 is 0 Å². The first kappa shape index (κ1) is 9.79. The molecule has 1 N–H and O–H groups in total. The van der Waals surface area contributed by atoms with Gasteiger partial charge in [-0.25, -0.2) is 0 Å². The second-order valence-electron chi connectivity index (χ2n) is 3.96. The van der Waals surface area contributed by atoms with Crippen molar-refractivity contribution in [2.45, 2.75) is 12.1 Å². The lowest BCUT2D eigenvalue weighted by atomic mass is 9.95. The minimum atomic E-state index is -0.374. The Kier molecular flexibility index (Phi) is 2.23. The molecule has 0 fully saturated rings. The molecule has 0 amide bonds. The van der Waals surface area contributed by atoms with Gasteiger partial charge in [0, 0.05) is 0 Å². The standard InChI is InChI=1S/C13H10N4/c14-8-12-13(16-17-15-12)11-7-3-5-9-4-1-2-6-10(9)11/h1-7,12-13H,(H,15,16)/t12-,13-/m1/s1. The second-order valence-corrected chi connectivity index (χ2v) is 3.96. The van der Waals surface area contributed by atoms with Gasteiger partial charge < -0.3 is 0 Å². The van der Waals surface area contributed by atoms with E-state index in [-0.39, 0.29) is 12.1 Å². The predicted octanol–water partition coefficient (Wildman–Crippen LogP) is 2.74. The third-order valence-corrected chi connectivity index (χ3v) is 2.98. The van der Waals surface area contributed by atoms with Crippen LogP contribution in [0.3, 0.4) is 0 Å². The molecule has 2 atom stereocenters. The zero-order valence-corrected chi connectivity index (χ0v) is 9.04. The van der Waals surface area contributed by atoms with E-state index in [1.165, 1.54) is 0 Å². The number of nitrogens with one attached hydrogen (secondary N) is 1. The quantitative estimate of drug-likeness (QED) is 0.806. The van der Waals surface area contributed by atoms with Crippen molar-refractivity contribution in [1.82, 2.24) is 5.43 Å². The molecule has 0 radical (unpaired) electrons. The molecule has 0 aromatic heterocycles. The van der Waals surface area contributed by atoms with Gasteiger partial charge in [0.05, 0.1) is 6.07 Å². The van der Waals surface area contributed by atoms with Crippen LogP contribution in [0.25, 0.3) is 10.8 Å². The molecule has 0 aliphatic carbocycles. The van der Waals surface area contributed by atoms with E-state index in [0.717, 1.165) is 16.3 Å². The van der Waals surface area contributed by atoms with Gasteiger partial charge in [0.1, 0.15) is 6.04 Å². The van der Waals surface area contributed by atoms with Crippen LogP contribution in [0.1, 0.15) is 11.6 Å². The van der Waals surface area contributed by atoms with Crippen molar-refractivity contribution in [3.63, 3.8) is 0 Å². The summed E-state index contributed by atoms with van der Waals surface area (Å²) in [6, 6.07) is 15.7. The Bertz CT molecular complexity index is 621. The number of rotatable bonds is 1. The molecule has 0 spiro atoms. The number of hydrogen-bond donors (Lipinski definition) is 1. The van der Waals surface area contributed by atoms with Gasteiger partial charge in [0.2, 0.25) is 0 Å². The zero-order chi connectivity index (χ0) is 11.7. The van der Waals surface area contributed by atoms with E-state index >= 15 is 0 Å². The molecule has 82 valence electrons. The van der Waals surface area contributed by atoms with Crippen LogP contribution in [0.5, 0.6) is 0 Å². The molecule has 17 heavy (non-hydrogen) atoms. The summed E-state index contributed by atoms with van der Waals surface area (Å²) >= 11 is 0. The molecule has 0 saturated heterocycles. The molecule has 0 unspecified atom stereocenters. The summed E-state index contributed by atoms with van der Waals surface area (Å²) < 4.78 is 0. The summed E-state index contributed by atoms with van der Waals surface area (Å²) in [6.45, 7) is 0. The van der Waals surface area contributed by atoms with Crippen LogP contribution in [0.4, 0.5) is 0 Å². The molecule has 1 aliphatic heterocycles. The minimum absolute atomic E-state index is 0.217. The molecule has 2 aromatic carbocycles. The fourth-order valence-electron chi connectivity index (χ4n) is 2.14. The Morgan fingerprint density at radius 1 is 1.12 bits per heavy atom. The van der Waals surface area contributed by atoms with E-state index in [1.54, 1.807) is 0 Å². The van der Waals surface area contributed by atoms with Gasteiger partial charge in [-0.3, -0.25) is 5.43 Å². The summed E-state index contributed by atoms with van der Waals surface area (Å²) in [7, 11) is 0. The van der Waals surface area contributed by atoms with Crippen molar-refractivity contribution in [3.05, 3.63) is 48.0 Å². The first-order valence-electron chi connectivity index (χ1n) is 5.43. The van der Waals surface area contributed by atoms with Crippen molar-refractivity contribution in [3.8, 4) is 6.07 Å². The van der Waals surface area contributed by atoms with Crippen LogP contribution >= 0.6 is 0 Å². The van der Waals surface area contributed by atoms with E-state index in [1.807, 2.05) is 30.3 Å². The average Bonchev–Trinajstić information content (AvgIpc) is 2.86. The SMILES string of the molecule is N#C[C@H]1NN=N[C@@H]1c1cccc2ccccc12. The Balaban J connectivity index is 2.18. The van der Waals surface area contributed by atoms with Gasteiger partial charge in [-0.15, -0.1) is 0 Å². The van der Waals surface area contributed by atoms with Crippen LogP contribution in [0.2, 0.25) is 0 Å². The molecule has 2 aromatic rings. The third kappa shape index (κ3) is 1.53. The highest BCUT2D eigenvalue weighted by Crippen LogP contribution is 2.31. The highest BCUT2D eigenvalue weighted by atomic mass is 15.5. The summed E-state index contributed by atoms with van der Waals surface area (Å²) in [6.07, 6.45) is 0. The first-order chi connectivity index (χ1) is 8.40. The van der Waals surface area contributed by atoms with Crippen molar-refractivity contribution >= 4 is 10.8 Å². The zero-order valence-electron chi connectivity index (χ0n) is 9.04. The van der Waals surface area contributed by atoms with Crippen LogP contribution in [0.15, 0.2) is 52.8 Å². The maximum Gasteiger partial charge on any atom is 0.160 e. The van der Waals surface area contributed by atoms with Crippen molar-refractivity contribution in [2.24, 2.45) is 10.3 Å². The van der Waals surface area contributed by atoms with Crippen LogP contribution < -0.4 is 5.43 Å². The topological polar surface area (TPSA) is 60.5 Å². The largest absolute Gasteiger partial charge is 0.272 e. The Morgan fingerprint density at radius 2 is 1.94 bits per heavy atom. The average molecular weight is 222 g/mol.